The number of carbonyl (C=O) groups excluding carboxylic acids is 1. The van der Waals surface area contributed by atoms with Gasteiger partial charge in [-0.25, -0.2) is 5.01 Å². The predicted octanol–water partition coefficient (Wildman–Crippen LogP) is 5.29. The molecule has 0 fully saturated rings. The van der Waals surface area contributed by atoms with Gasteiger partial charge in [-0.3, -0.25) is 4.79 Å². The van der Waals surface area contributed by atoms with Crippen molar-refractivity contribution in [2.24, 2.45) is 5.10 Å². The van der Waals surface area contributed by atoms with Gasteiger partial charge in [-0.05, 0) is 36.4 Å². The number of rotatable bonds is 2. The molecule has 1 aliphatic heterocycles. The maximum absolute atomic E-state index is 12.1. The van der Waals surface area contributed by atoms with Gasteiger partial charge in [0.1, 0.15) is 0 Å². The van der Waals surface area contributed by atoms with Gasteiger partial charge in [0, 0.05) is 27.9 Å². The smallest absolute Gasteiger partial charge is 0.247 e. The fourth-order valence-electron chi connectivity index (χ4n) is 2.25. The van der Waals surface area contributed by atoms with Crippen molar-refractivity contribution in [1.82, 2.24) is 0 Å². The molecule has 0 radical (unpaired) electrons. The number of carbonyl (C=O) groups is 1. The van der Waals surface area contributed by atoms with E-state index in [1.54, 1.807) is 12.1 Å². The van der Waals surface area contributed by atoms with E-state index in [1.807, 2.05) is 30.3 Å². The van der Waals surface area contributed by atoms with Crippen molar-refractivity contribution in [3.05, 3.63) is 62.5 Å². The van der Waals surface area contributed by atoms with E-state index in [0.29, 0.717) is 22.9 Å². The average Bonchev–Trinajstić information content (AvgIpc) is 2.49. The van der Waals surface area contributed by atoms with E-state index in [1.165, 1.54) is 5.01 Å². The summed E-state index contributed by atoms with van der Waals surface area (Å²) < 4.78 is 0.950. The van der Waals surface area contributed by atoms with Gasteiger partial charge in [0.25, 0.3) is 0 Å². The van der Waals surface area contributed by atoms with E-state index in [-0.39, 0.29) is 5.91 Å². The lowest BCUT2D eigenvalue weighted by Gasteiger charge is -2.24. The monoisotopic (exact) mass is 396 g/mol. The Morgan fingerprint density at radius 1 is 1.05 bits per heavy atom. The van der Waals surface area contributed by atoms with Crippen molar-refractivity contribution in [3.8, 4) is 0 Å². The summed E-state index contributed by atoms with van der Waals surface area (Å²) in [6.45, 7) is 0. The second kappa shape index (κ2) is 6.41. The van der Waals surface area contributed by atoms with Crippen LogP contribution in [0, 0.1) is 0 Å². The molecule has 3 nitrogen and oxygen atoms in total. The molecule has 0 aliphatic carbocycles. The normalized spacial score (nSPS) is 15.0. The van der Waals surface area contributed by atoms with Gasteiger partial charge in [0.2, 0.25) is 5.91 Å². The van der Waals surface area contributed by atoms with Crippen molar-refractivity contribution in [2.75, 3.05) is 5.01 Å². The van der Waals surface area contributed by atoms with Crippen molar-refractivity contribution < 1.29 is 4.79 Å². The molecule has 1 heterocycles. The van der Waals surface area contributed by atoms with Gasteiger partial charge in [-0.2, -0.15) is 5.10 Å². The van der Waals surface area contributed by atoms with Gasteiger partial charge in [-0.15, -0.1) is 0 Å². The third-order valence-electron chi connectivity index (χ3n) is 3.35. The summed E-state index contributed by atoms with van der Waals surface area (Å²) >= 11 is 15.5. The van der Waals surface area contributed by atoms with Crippen molar-refractivity contribution in [2.45, 2.75) is 12.8 Å². The topological polar surface area (TPSA) is 32.7 Å². The van der Waals surface area contributed by atoms with Crippen LogP contribution in [0.1, 0.15) is 18.4 Å². The Labute approximate surface area is 146 Å². The van der Waals surface area contributed by atoms with E-state index in [9.17, 15) is 4.79 Å². The maximum atomic E-state index is 12.1. The SMILES string of the molecule is O=C1CCC(c2ccc(Cl)cc2Cl)=NN1c1ccc(Br)cc1. The van der Waals surface area contributed by atoms with Crippen LogP contribution in [0.5, 0.6) is 0 Å². The Kier molecular flexibility index (Phi) is 4.52. The molecule has 2 aromatic rings. The first kappa shape index (κ1) is 15.5. The number of anilines is 1. The summed E-state index contributed by atoms with van der Waals surface area (Å²) in [5.41, 5.74) is 2.32. The summed E-state index contributed by atoms with van der Waals surface area (Å²) in [6.07, 6.45) is 0.959. The lowest BCUT2D eigenvalue weighted by Crippen LogP contribution is -2.31. The van der Waals surface area contributed by atoms with Crippen molar-refractivity contribution in [3.63, 3.8) is 0 Å². The van der Waals surface area contributed by atoms with Crippen molar-refractivity contribution in [1.29, 1.82) is 0 Å². The molecule has 3 rings (SSSR count). The van der Waals surface area contributed by atoms with Crippen molar-refractivity contribution >= 4 is 56.4 Å². The van der Waals surface area contributed by atoms with E-state index in [0.717, 1.165) is 21.4 Å². The Morgan fingerprint density at radius 2 is 1.77 bits per heavy atom. The zero-order valence-corrected chi connectivity index (χ0v) is 14.5. The maximum Gasteiger partial charge on any atom is 0.247 e. The minimum atomic E-state index is -0.0313. The number of halogens is 3. The Hall–Kier alpha value is -1.36. The number of benzene rings is 2. The Bertz CT molecular complexity index is 759. The summed E-state index contributed by atoms with van der Waals surface area (Å²) in [5, 5.41) is 7.02. The Balaban J connectivity index is 2.00. The molecule has 2 aromatic carbocycles. The van der Waals surface area contributed by atoms with Gasteiger partial charge in [0.05, 0.1) is 16.4 Å². The van der Waals surface area contributed by atoms with Gasteiger partial charge < -0.3 is 0 Å². The summed E-state index contributed by atoms with van der Waals surface area (Å²) in [5.74, 6) is -0.0313. The molecule has 0 N–H and O–H groups in total. The second-order valence-corrected chi connectivity index (χ2v) is 6.61. The molecule has 0 atom stereocenters. The van der Waals surface area contributed by atoms with Crippen LogP contribution in [0.25, 0.3) is 0 Å². The number of hydrogen-bond acceptors (Lipinski definition) is 2. The molecule has 6 heteroatoms. The molecule has 0 saturated carbocycles. The number of nitrogens with zero attached hydrogens (tertiary/aromatic N) is 2. The van der Waals surface area contributed by atoms with Crippen LogP contribution in [0.3, 0.4) is 0 Å². The third-order valence-corrected chi connectivity index (χ3v) is 4.42. The predicted molar refractivity (Wildman–Crippen MR) is 93.9 cm³/mol. The zero-order chi connectivity index (χ0) is 15.7. The molecular weight excluding hydrogens is 387 g/mol. The lowest BCUT2D eigenvalue weighted by molar-refractivity contribution is -0.118. The molecule has 0 bridgehead atoms. The molecule has 0 spiro atoms. The molecule has 1 aliphatic rings. The molecule has 22 heavy (non-hydrogen) atoms. The summed E-state index contributed by atoms with van der Waals surface area (Å²) in [7, 11) is 0. The fourth-order valence-corrected chi connectivity index (χ4v) is 3.04. The van der Waals surface area contributed by atoms with Crippen LogP contribution in [0.2, 0.25) is 10.0 Å². The first-order chi connectivity index (χ1) is 10.5. The van der Waals surface area contributed by atoms with Crippen LogP contribution in [0.15, 0.2) is 52.0 Å². The highest BCUT2D eigenvalue weighted by Crippen LogP contribution is 2.27. The van der Waals surface area contributed by atoms with Gasteiger partial charge in [0.15, 0.2) is 0 Å². The molecule has 0 saturated heterocycles. The van der Waals surface area contributed by atoms with E-state index >= 15 is 0 Å². The zero-order valence-electron chi connectivity index (χ0n) is 11.4. The highest BCUT2D eigenvalue weighted by Gasteiger charge is 2.23. The first-order valence-electron chi connectivity index (χ1n) is 6.66. The minimum absolute atomic E-state index is 0.0313. The number of hydrazone groups is 1. The van der Waals surface area contributed by atoms with Crippen LogP contribution >= 0.6 is 39.1 Å². The third kappa shape index (κ3) is 3.19. The van der Waals surface area contributed by atoms with E-state index in [2.05, 4.69) is 21.0 Å². The van der Waals surface area contributed by atoms with Crippen LogP contribution < -0.4 is 5.01 Å². The molecule has 1 amide bonds. The standard InChI is InChI=1S/C16H11BrCl2N2O/c17-10-1-4-12(5-2-10)21-16(22)8-7-15(20-21)13-6-3-11(18)9-14(13)19/h1-6,9H,7-8H2. The highest BCUT2D eigenvalue weighted by molar-refractivity contribution is 9.10. The van der Waals surface area contributed by atoms with E-state index in [4.69, 9.17) is 23.2 Å². The largest absolute Gasteiger partial charge is 0.273 e. The van der Waals surface area contributed by atoms with Gasteiger partial charge >= 0.3 is 0 Å². The quantitative estimate of drug-likeness (QED) is 0.677. The Morgan fingerprint density at radius 3 is 2.45 bits per heavy atom. The highest BCUT2D eigenvalue weighted by atomic mass is 79.9. The second-order valence-electron chi connectivity index (χ2n) is 4.85. The van der Waals surface area contributed by atoms with Gasteiger partial charge in [-0.1, -0.05) is 45.2 Å². The summed E-state index contributed by atoms with van der Waals surface area (Å²) in [4.78, 5) is 12.1. The van der Waals surface area contributed by atoms with Crippen LogP contribution in [-0.2, 0) is 4.79 Å². The first-order valence-corrected chi connectivity index (χ1v) is 8.21. The molecular formula is C16H11BrCl2N2O. The number of amides is 1. The molecule has 112 valence electrons. The average molecular weight is 398 g/mol. The van der Waals surface area contributed by atoms with E-state index < -0.39 is 0 Å². The lowest BCUT2D eigenvalue weighted by atomic mass is 10.0. The molecule has 0 unspecified atom stereocenters. The fraction of sp³-hybridized carbons (Fsp3) is 0.125. The van der Waals surface area contributed by atoms with Crippen LogP contribution in [0.4, 0.5) is 5.69 Å². The summed E-state index contributed by atoms with van der Waals surface area (Å²) in [6, 6.07) is 12.7. The number of hydrogen-bond donors (Lipinski definition) is 0. The van der Waals surface area contributed by atoms with Crippen LogP contribution in [-0.4, -0.2) is 11.6 Å². The molecule has 0 aromatic heterocycles. The minimum Gasteiger partial charge on any atom is -0.273 e.